The Balaban J connectivity index is 3.26. The third-order valence-electron chi connectivity index (χ3n) is 2.66. The van der Waals surface area contributed by atoms with E-state index in [1.54, 1.807) is 18.2 Å². The Morgan fingerprint density at radius 1 is 1.21 bits per heavy atom. The average Bonchev–Trinajstić information content (AvgIpc) is 2.44. The highest BCUT2D eigenvalue weighted by Crippen LogP contribution is 2.31. The first kappa shape index (κ1) is 15.3. The van der Waals surface area contributed by atoms with Gasteiger partial charge < -0.3 is 9.47 Å². The van der Waals surface area contributed by atoms with Crippen LogP contribution in [0.1, 0.15) is 11.5 Å². The number of terminal acetylenes is 1. The molecule has 0 aliphatic carbocycles. The van der Waals surface area contributed by atoms with Gasteiger partial charge in [-0.25, -0.2) is 0 Å². The van der Waals surface area contributed by atoms with Crippen molar-refractivity contribution in [1.82, 2.24) is 0 Å². The smallest absolute Gasteiger partial charge is 0.321 e. The maximum Gasteiger partial charge on any atom is 0.321 e. The van der Waals surface area contributed by atoms with Crippen molar-refractivity contribution in [2.45, 2.75) is 5.92 Å². The lowest BCUT2D eigenvalue weighted by molar-refractivity contribution is -0.159. The minimum absolute atomic E-state index is 0.658. The lowest BCUT2D eigenvalue weighted by Gasteiger charge is -2.20. The molecule has 0 aliphatic heterocycles. The van der Waals surface area contributed by atoms with Gasteiger partial charge in [0.2, 0.25) is 0 Å². The number of ether oxygens (including phenoxy) is 2. The number of hydrogen-bond acceptors (Lipinski definition) is 4. The van der Waals surface area contributed by atoms with E-state index >= 15 is 0 Å². The Labute approximate surface area is 120 Å². The second kappa shape index (κ2) is 6.95. The summed E-state index contributed by atoms with van der Waals surface area (Å²) in [7, 11) is 2.40. The van der Waals surface area contributed by atoms with Gasteiger partial charge in [0.25, 0.3) is 0 Å². The predicted octanol–water partition coefficient (Wildman–Crippen LogP) is 2.13. The molecule has 5 heteroatoms. The van der Waals surface area contributed by atoms with Crippen molar-refractivity contribution in [2.75, 3.05) is 14.2 Å². The molecule has 0 amide bonds. The van der Waals surface area contributed by atoms with E-state index in [0.29, 0.717) is 5.56 Å². The highest BCUT2D eigenvalue weighted by molar-refractivity contribution is 9.10. The van der Waals surface area contributed by atoms with E-state index in [4.69, 9.17) is 6.42 Å². The van der Waals surface area contributed by atoms with Crippen molar-refractivity contribution in [2.24, 2.45) is 5.92 Å². The molecule has 1 aromatic carbocycles. The average molecular weight is 325 g/mol. The Hall–Kier alpha value is -1.80. The maximum atomic E-state index is 11.8. The second-order valence-electron chi connectivity index (χ2n) is 3.69. The minimum atomic E-state index is -1.18. The quantitative estimate of drug-likeness (QED) is 0.483. The molecule has 0 aromatic heterocycles. The normalized spacial score (nSPS) is 11.5. The zero-order valence-corrected chi connectivity index (χ0v) is 12.1. The van der Waals surface area contributed by atoms with E-state index < -0.39 is 23.8 Å². The number of carbonyl (C=O) groups excluding carboxylic acids is 2. The number of esters is 2. The van der Waals surface area contributed by atoms with Gasteiger partial charge in [-0.2, -0.15) is 0 Å². The lowest BCUT2D eigenvalue weighted by atomic mass is 9.86. The van der Waals surface area contributed by atoms with Crippen molar-refractivity contribution in [3.63, 3.8) is 0 Å². The van der Waals surface area contributed by atoms with E-state index in [1.807, 2.05) is 6.07 Å². The van der Waals surface area contributed by atoms with Crippen molar-refractivity contribution in [3.05, 3.63) is 34.3 Å². The number of benzene rings is 1. The molecule has 0 radical (unpaired) electrons. The van der Waals surface area contributed by atoms with E-state index in [2.05, 4.69) is 31.3 Å². The zero-order valence-electron chi connectivity index (χ0n) is 10.6. The summed E-state index contributed by atoms with van der Waals surface area (Å²) in [6, 6.07) is 7.11. The van der Waals surface area contributed by atoms with Crippen LogP contribution in [0.3, 0.4) is 0 Å². The van der Waals surface area contributed by atoms with Crippen LogP contribution in [-0.2, 0) is 19.1 Å². The van der Waals surface area contributed by atoms with Gasteiger partial charge in [-0.1, -0.05) is 40.0 Å². The van der Waals surface area contributed by atoms with Gasteiger partial charge in [-0.15, -0.1) is 6.42 Å². The van der Waals surface area contributed by atoms with Crippen LogP contribution in [0.25, 0.3) is 0 Å². The molecule has 19 heavy (non-hydrogen) atoms. The van der Waals surface area contributed by atoms with Crippen molar-refractivity contribution in [1.29, 1.82) is 0 Å². The third kappa shape index (κ3) is 3.36. The maximum absolute atomic E-state index is 11.8. The summed E-state index contributed by atoms with van der Waals surface area (Å²) >= 11 is 3.35. The van der Waals surface area contributed by atoms with Crippen LogP contribution in [-0.4, -0.2) is 26.2 Å². The van der Waals surface area contributed by atoms with Crippen LogP contribution < -0.4 is 0 Å². The molecule has 0 heterocycles. The molecule has 0 aliphatic rings. The Morgan fingerprint density at radius 2 is 1.74 bits per heavy atom. The van der Waals surface area contributed by atoms with Crippen molar-refractivity contribution in [3.8, 4) is 12.3 Å². The molecule has 0 spiro atoms. The summed E-state index contributed by atoms with van der Waals surface area (Å²) in [5.41, 5.74) is 0.658. The number of methoxy groups -OCH3 is 2. The SMILES string of the molecule is C#CC(c1ccccc1Br)C(C(=O)OC)C(=O)OC. The van der Waals surface area contributed by atoms with Gasteiger partial charge in [0, 0.05) is 4.47 Å². The predicted molar refractivity (Wildman–Crippen MR) is 73.2 cm³/mol. The Bertz CT molecular complexity index is 502. The molecule has 0 saturated heterocycles. The van der Waals surface area contributed by atoms with Crippen LogP contribution in [0.5, 0.6) is 0 Å². The molecule has 1 unspecified atom stereocenters. The van der Waals surface area contributed by atoms with Crippen molar-refractivity contribution < 1.29 is 19.1 Å². The molecule has 4 nitrogen and oxygen atoms in total. The highest BCUT2D eigenvalue weighted by Gasteiger charge is 2.37. The molecular formula is C14H13BrO4. The van der Waals surface area contributed by atoms with Gasteiger partial charge in [-0.05, 0) is 11.6 Å². The lowest BCUT2D eigenvalue weighted by Crippen LogP contribution is -2.31. The topological polar surface area (TPSA) is 52.6 Å². The second-order valence-corrected chi connectivity index (χ2v) is 4.54. The summed E-state index contributed by atoms with van der Waals surface area (Å²) in [4.78, 5) is 23.5. The number of halogens is 1. The number of carbonyl (C=O) groups is 2. The van der Waals surface area contributed by atoms with Gasteiger partial charge >= 0.3 is 11.9 Å². The first-order valence-corrected chi connectivity index (χ1v) is 6.22. The summed E-state index contributed by atoms with van der Waals surface area (Å²) < 4.78 is 9.98. The van der Waals surface area contributed by atoms with Gasteiger partial charge in [0.1, 0.15) is 0 Å². The third-order valence-corrected chi connectivity index (χ3v) is 3.39. The molecular weight excluding hydrogens is 312 g/mol. The fourth-order valence-corrected chi connectivity index (χ4v) is 2.25. The van der Waals surface area contributed by atoms with Crippen LogP contribution in [0.2, 0.25) is 0 Å². The van der Waals surface area contributed by atoms with E-state index in [9.17, 15) is 9.59 Å². The monoisotopic (exact) mass is 324 g/mol. The number of rotatable bonds is 4. The van der Waals surface area contributed by atoms with E-state index in [-0.39, 0.29) is 0 Å². The summed E-state index contributed by atoms with van der Waals surface area (Å²) in [5.74, 6) is -0.912. The molecule has 1 rings (SSSR count). The minimum Gasteiger partial charge on any atom is -0.468 e. The van der Waals surface area contributed by atoms with Gasteiger partial charge in [0.15, 0.2) is 5.92 Å². The van der Waals surface area contributed by atoms with Crippen LogP contribution in [0, 0.1) is 18.3 Å². The summed E-state index contributed by atoms with van der Waals surface area (Å²) in [6.07, 6.45) is 5.47. The largest absolute Gasteiger partial charge is 0.468 e. The first-order chi connectivity index (χ1) is 9.06. The van der Waals surface area contributed by atoms with Gasteiger partial charge in [0.05, 0.1) is 20.1 Å². The highest BCUT2D eigenvalue weighted by atomic mass is 79.9. The number of hydrogen-bond donors (Lipinski definition) is 0. The Morgan fingerprint density at radius 3 is 2.16 bits per heavy atom. The molecule has 0 saturated carbocycles. The zero-order chi connectivity index (χ0) is 14.4. The van der Waals surface area contributed by atoms with Crippen LogP contribution in [0.4, 0.5) is 0 Å². The fourth-order valence-electron chi connectivity index (χ4n) is 1.72. The van der Waals surface area contributed by atoms with Crippen molar-refractivity contribution >= 4 is 27.9 Å². The molecule has 0 fully saturated rings. The van der Waals surface area contributed by atoms with E-state index in [0.717, 1.165) is 4.47 Å². The standard InChI is InChI=1S/C14H13BrO4/c1-4-9(10-7-5-6-8-11(10)15)12(13(16)18-2)14(17)19-3/h1,5-9,12H,2-3H3. The fraction of sp³-hybridized carbons (Fsp3) is 0.286. The Kier molecular flexibility index (Phi) is 5.58. The summed E-state index contributed by atoms with van der Waals surface area (Å²) in [6.45, 7) is 0. The van der Waals surface area contributed by atoms with Crippen LogP contribution >= 0.6 is 15.9 Å². The van der Waals surface area contributed by atoms with Gasteiger partial charge in [-0.3, -0.25) is 9.59 Å². The molecule has 0 bridgehead atoms. The molecule has 0 N–H and O–H groups in total. The molecule has 100 valence electrons. The first-order valence-electron chi connectivity index (χ1n) is 5.43. The van der Waals surface area contributed by atoms with E-state index in [1.165, 1.54) is 14.2 Å². The molecule has 1 atom stereocenters. The molecule has 1 aromatic rings. The summed E-state index contributed by atoms with van der Waals surface area (Å²) in [5, 5.41) is 0. The van der Waals surface area contributed by atoms with Crippen LogP contribution in [0.15, 0.2) is 28.7 Å².